The van der Waals surface area contributed by atoms with Gasteiger partial charge < -0.3 is 0 Å². The number of rotatable bonds is 1. The van der Waals surface area contributed by atoms with Crippen LogP contribution in [-0.4, -0.2) is 4.98 Å². The molecule has 1 nitrogen and oxygen atoms in total. The summed E-state index contributed by atoms with van der Waals surface area (Å²) in [5, 5.41) is 0.400. The van der Waals surface area contributed by atoms with E-state index in [2.05, 4.69) is 20.9 Å². The van der Waals surface area contributed by atoms with Gasteiger partial charge in [0.1, 0.15) is 5.15 Å². The summed E-state index contributed by atoms with van der Waals surface area (Å²) >= 11 is 8.17. The maximum Gasteiger partial charge on any atom is 0.166 e. The van der Waals surface area contributed by atoms with Gasteiger partial charge in [0.05, 0.1) is 0 Å². The molecule has 1 heterocycles. The fourth-order valence-corrected chi connectivity index (χ4v) is 0.975. The van der Waals surface area contributed by atoms with E-state index < -0.39 is 4.74 Å². The highest BCUT2D eigenvalue weighted by molar-refractivity contribution is 9.11. The Hall–Kier alpha value is -0.410. The fourth-order valence-electron chi connectivity index (χ4n) is 0.599. The van der Waals surface area contributed by atoms with E-state index in [0.717, 1.165) is 0 Å². The molecule has 58 valence electrons. The number of pyridine rings is 1. The molecule has 0 radical (unpaired) electrons. The molecule has 0 saturated heterocycles. The van der Waals surface area contributed by atoms with Crippen LogP contribution in [0, 0.1) is 0 Å². The Labute approximate surface area is 77.0 Å². The molecule has 0 saturated carbocycles. The minimum absolute atomic E-state index is 0.400. The first-order valence-corrected chi connectivity index (χ1v) is 4.00. The van der Waals surface area contributed by atoms with E-state index in [-0.39, 0.29) is 0 Å². The summed E-state index contributed by atoms with van der Waals surface area (Å²) in [5.74, 6) is 0. The van der Waals surface area contributed by atoms with Crippen molar-refractivity contribution in [2.75, 3.05) is 0 Å². The first kappa shape index (κ1) is 8.68. The summed E-state index contributed by atoms with van der Waals surface area (Å²) in [7, 11) is 0. The van der Waals surface area contributed by atoms with E-state index in [1.165, 1.54) is 12.3 Å². The minimum Gasteiger partial charge on any atom is -0.244 e. The van der Waals surface area contributed by atoms with Gasteiger partial charge in [-0.1, -0.05) is 17.7 Å². The molecule has 1 aromatic rings. The molecule has 0 aliphatic rings. The highest BCUT2D eigenvalue weighted by Gasteiger charge is 1.91. The molecule has 0 aliphatic heterocycles. The zero-order chi connectivity index (χ0) is 8.27. The Morgan fingerprint density at radius 3 is 2.82 bits per heavy atom. The van der Waals surface area contributed by atoms with E-state index in [1.807, 2.05) is 0 Å². The molecule has 4 heteroatoms. The van der Waals surface area contributed by atoms with Crippen molar-refractivity contribution in [2.45, 2.75) is 0 Å². The number of aromatic nitrogens is 1. The summed E-state index contributed by atoms with van der Waals surface area (Å²) in [4.78, 5) is 3.77. The average molecular weight is 236 g/mol. The van der Waals surface area contributed by atoms with Crippen molar-refractivity contribution < 1.29 is 4.39 Å². The second kappa shape index (κ2) is 3.83. The second-order valence-electron chi connectivity index (χ2n) is 1.85. The Balaban J connectivity index is 2.91. The molecule has 0 spiro atoms. The van der Waals surface area contributed by atoms with Crippen LogP contribution < -0.4 is 0 Å². The molecule has 0 amide bonds. The summed E-state index contributed by atoms with van der Waals surface area (Å²) in [6, 6.07) is 3.28. The number of halogens is 3. The third kappa shape index (κ3) is 2.99. The molecule has 0 unspecified atom stereocenters. The van der Waals surface area contributed by atoms with Crippen molar-refractivity contribution in [3.63, 3.8) is 0 Å². The predicted molar refractivity (Wildman–Crippen MR) is 47.3 cm³/mol. The lowest BCUT2D eigenvalue weighted by Crippen LogP contribution is -1.75. The highest BCUT2D eigenvalue weighted by atomic mass is 79.9. The van der Waals surface area contributed by atoms with Crippen LogP contribution in [0.2, 0.25) is 5.15 Å². The minimum atomic E-state index is -0.429. The van der Waals surface area contributed by atoms with Gasteiger partial charge in [0.25, 0.3) is 0 Å². The van der Waals surface area contributed by atoms with Crippen LogP contribution in [0.4, 0.5) is 4.39 Å². The first-order valence-electron chi connectivity index (χ1n) is 2.83. The Bertz CT molecular complexity index is 266. The second-order valence-corrected chi connectivity index (χ2v) is 2.99. The molecular formula is C7H4BrClFN. The third-order valence-electron chi connectivity index (χ3n) is 1.03. The average Bonchev–Trinajstić information content (AvgIpc) is 1.93. The molecular weight excluding hydrogens is 232 g/mol. The number of hydrogen-bond acceptors (Lipinski definition) is 1. The van der Waals surface area contributed by atoms with Gasteiger partial charge in [0.15, 0.2) is 4.74 Å². The van der Waals surface area contributed by atoms with Crippen molar-refractivity contribution in [1.82, 2.24) is 4.98 Å². The van der Waals surface area contributed by atoms with Crippen LogP contribution in [0.3, 0.4) is 0 Å². The van der Waals surface area contributed by atoms with Gasteiger partial charge in [0.2, 0.25) is 0 Å². The molecule has 0 N–H and O–H groups in total. The molecule has 0 bridgehead atoms. The standard InChI is InChI=1S/C7H4BrClFN/c8-6(10)3-5-1-2-7(9)11-4-5/h1-4H/b6-3-. The Morgan fingerprint density at radius 1 is 1.64 bits per heavy atom. The lowest BCUT2D eigenvalue weighted by molar-refractivity contribution is 0.711. The summed E-state index contributed by atoms with van der Waals surface area (Å²) in [5.41, 5.74) is 0.670. The largest absolute Gasteiger partial charge is 0.244 e. The van der Waals surface area contributed by atoms with Crippen molar-refractivity contribution in [3.8, 4) is 0 Å². The van der Waals surface area contributed by atoms with Crippen LogP contribution in [0.15, 0.2) is 23.1 Å². The molecule has 1 aromatic heterocycles. The lowest BCUT2D eigenvalue weighted by atomic mass is 10.3. The van der Waals surface area contributed by atoms with Gasteiger partial charge in [-0.2, -0.15) is 4.39 Å². The third-order valence-corrected chi connectivity index (χ3v) is 1.48. The zero-order valence-corrected chi connectivity index (χ0v) is 7.73. The van der Waals surface area contributed by atoms with Crippen LogP contribution >= 0.6 is 27.5 Å². The number of hydrogen-bond donors (Lipinski definition) is 0. The maximum absolute atomic E-state index is 12.2. The van der Waals surface area contributed by atoms with E-state index >= 15 is 0 Å². The number of nitrogens with zero attached hydrogens (tertiary/aromatic N) is 1. The predicted octanol–water partition coefficient (Wildman–Crippen LogP) is 3.40. The van der Waals surface area contributed by atoms with Crippen molar-refractivity contribution >= 4 is 33.6 Å². The SMILES string of the molecule is F/C(Br)=C\c1ccc(Cl)nc1. The summed E-state index contributed by atoms with van der Waals surface area (Å²) in [6.45, 7) is 0. The van der Waals surface area contributed by atoms with Crippen LogP contribution in [-0.2, 0) is 0 Å². The normalized spacial score (nSPS) is 11.7. The smallest absolute Gasteiger partial charge is 0.166 e. The molecule has 1 rings (SSSR count). The first-order chi connectivity index (χ1) is 5.18. The van der Waals surface area contributed by atoms with Crippen LogP contribution in [0.1, 0.15) is 5.56 Å². The topological polar surface area (TPSA) is 12.9 Å². The monoisotopic (exact) mass is 235 g/mol. The van der Waals surface area contributed by atoms with Gasteiger partial charge >= 0.3 is 0 Å². The Kier molecular flexibility index (Phi) is 3.02. The van der Waals surface area contributed by atoms with Gasteiger partial charge in [-0.25, -0.2) is 4.98 Å². The van der Waals surface area contributed by atoms with Crippen molar-refractivity contribution in [1.29, 1.82) is 0 Å². The van der Waals surface area contributed by atoms with E-state index in [1.54, 1.807) is 12.1 Å². The summed E-state index contributed by atoms with van der Waals surface area (Å²) < 4.78 is 11.8. The maximum atomic E-state index is 12.2. The van der Waals surface area contributed by atoms with Gasteiger partial charge in [0, 0.05) is 6.20 Å². The lowest BCUT2D eigenvalue weighted by Gasteiger charge is -1.91. The highest BCUT2D eigenvalue weighted by Crippen LogP contribution is 2.13. The van der Waals surface area contributed by atoms with Crippen molar-refractivity contribution in [3.05, 3.63) is 33.8 Å². The van der Waals surface area contributed by atoms with Crippen LogP contribution in [0.25, 0.3) is 6.08 Å². The molecule has 11 heavy (non-hydrogen) atoms. The zero-order valence-electron chi connectivity index (χ0n) is 5.39. The van der Waals surface area contributed by atoms with Gasteiger partial charge in [-0.15, -0.1) is 0 Å². The Morgan fingerprint density at radius 2 is 2.36 bits per heavy atom. The van der Waals surface area contributed by atoms with E-state index in [9.17, 15) is 4.39 Å². The van der Waals surface area contributed by atoms with E-state index in [4.69, 9.17) is 11.6 Å². The van der Waals surface area contributed by atoms with Gasteiger partial charge in [-0.05, 0) is 33.6 Å². The molecule has 0 fully saturated rings. The fraction of sp³-hybridized carbons (Fsp3) is 0. The molecule has 0 aliphatic carbocycles. The van der Waals surface area contributed by atoms with Crippen LogP contribution in [0.5, 0.6) is 0 Å². The van der Waals surface area contributed by atoms with E-state index in [0.29, 0.717) is 10.7 Å². The molecule has 0 atom stereocenters. The van der Waals surface area contributed by atoms with Crippen molar-refractivity contribution in [2.24, 2.45) is 0 Å². The quantitative estimate of drug-likeness (QED) is 0.681. The molecule has 0 aromatic carbocycles. The summed E-state index contributed by atoms with van der Waals surface area (Å²) in [6.07, 6.45) is 2.80. The van der Waals surface area contributed by atoms with Gasteiger partial charge in [-0.3, -0.25) is 0 Å².